The minimum absolute atomic E-state index is 0.201. The van der Waals surface area contributed by atoms with E-state index in [9.17, 15) is 8.42 Å². The summed E-state index contributed by atoms with van der Waals surface area (Å²) in [7, 11) is -3.66. The van der Waals surface area contributed by atoms with Crippen molar-refractivity contribution in [3.63, 3.8) is 0 Å². The molecule has 1 heterocycles. The molecule has 0 aliphatic carbocycles. The highest BCUT2D eigenvalue weighted by Crippen LogP contribution is 2.09. The maximum Gasteiger partial charge on any atom is 0.264 e. The standard InChI is InChI=1S/C7H15NO.C2H6O3S/c1-7(9)8-5-3-2-4-6-8;1-2-6(3,4)5/h7,9H,2-6H2,1H3;2H2,1H3,(H,3,4,5). The lowest BCUT2D eigenvalue weighted by molar-refractivity contribution is 0.00665. The minimum Gasteiger partial charge on any atom is -0.379 e. The van der Waals surface area contributed by atoms with Crippen LogP contribution in [0.4, 0.5) is 0 Å². The molecule has 0 spiro atoms. The van der Waals surface area contributed by atoms with Gasteiger partial charge in [-0.15, -0.1) is 0 Å². The van der Waals surface area contributed by atoms with Gasteiger partial charge in [-0.1, -0.05) is 6.42 Å². The molecule has 6 heteroatoms. The summed E-state index contributed by atoms with van der Waals surface area (Å²) in [5.74, 6) is -0.201. The molecule has 0 aromatic carbocycles. The Balaban J connectivity index is 0.000000288. The Hall–Kier alpha value is -0.170. The summed E-state index contributed by atoms with van der Waals surface area (Å²) in [6.07, 6.45) is 3.62. The second-order valence-electron chi connectivity index (χ2n) is 3.60. The van der Waals surface area contributed by atoms with Crippen LogP contribution in [-0.2, 0) is 10.1 Å². The predicted octanol–water partition coefficient (Wildman–Crippen LogP) is 0.705. The zero-order chi connectivity index (χ0) is 11.9. The van der Waals surface area contributed by atoms with Gasteiger partial charge in [0.15, 0.2) is 0 Å². The number of rotatable bonds is 2. The zero-order valence-electron chi connectivity index (χ0n) is 9.39. The van der Waals surface area contributed by atoms with Crippen molar-refractivity contribution in [3.05, 3.63) is 0 Å². The molecular formula is C9H21NO4S. The fourth-order valence-electron chi connectivity index (χ4n) is 1.29. The summed E-state index contributed by atoms with van der Waals surface area (Å²) >= 11 is 0. The van der Waals surface area contributed by atoms with Crippen molar-refractivity contribution in [1.82, 2.24) is 4.90 Å². The van der Waals surface area contributed by atoms with E-state index in [1.54, 1.807) is 0 Å². The Kier molecular flexibility index (Phi) is 7.08. The van der Waals surface area contributed by atoms with Gasteiger partial charge in [-0.3, -0.25) is 9.45 Å². The highest BCUT2D eigenvalue weighted by molar-refractivity contribution is 7.85. The summed E-state index contributed by atoms with van der Waals surface area (Å²) in [6, 6.07) is 0. The third kappa shape index (κ3) is 8.80. The van der Waals surface area contributed by atoms with E-state index in [1.165, 1.54) is 26.2 Å². The van der Waals surface area contributed by atoms with Crippen molar-refractivity contribution in [2.75, 3.05) is 18.8 Å². The molecule has 92 valence electrons. The van der Waals surface area contributed by atoms with E-state index in [2.05, 4.69) is 4.90 Å². The van der Waals surface area contributed by atoms with E-state index in [0.29, 0.717) is 0 Å². The van der Waals surface area contributed by atoms with Crippen LogP contribution in [0.3, 0.4) is 0 Å². The third-order valence-corrected chi connectivity index (χ3v) is 3.01. The molecule has 0 aromatic heterocycles. The molecule has 0 amide bonds. The smallest absolute Gasteiger partial charge is 0.264 e. The molecule has 1 fully saturated rings. The molecule has 0 aromatic rings. The molecule has 0 bridgehead atoms. The largest absolute Gasteiger partial charge is 0.379 e. The molecule has 5 nitrogen and oxygen atoms in total. The summed E-state index contributed by atoms with van der Waals surface area (Å²) in [5.41, 5.74) is 0. The van der Waals surface area contributed by atoms with Crippen LogP contribution in [0.2, 0.25) is 0 Å². The first-order valence-electron chi connectivity index (χ1n) is 5.24. The number of piperidine rings is 1. The number of nitrogens with zero attached hydrogens (tertiary/aromatic N) is 1. The van der Waals surface area contributed by atoms with Crippen LogP contribution in [0.25, 0.3) is 0 Å². The third-order valence-electron chi connectivity index (χ3n) is 2.28. The molecule has 2 N–H and O–H groups in total. The van der Waals surface area contributed by atoms with Crippen molar-refractivity contribution in [3.8, 4) is 0 Å². The lowest BCUT2D eigenvalue weighted by Crippen LogP contribution is -2.36. The molecule has 1 rings (SSSR count). The summed E-state index contributed by atoms with van der Waals surface area (Å²) in [4.78, 5) is 2.11. The van der Waals surface area contributed by atoms with E-state index in [1.807, 2.05) is 6.92 Å². The van der Waals surface area contributed by atoms with Gasteiger partial charge in [0.1, 0.15) is 6.23 Å². The SMILES string of the molecule is CC(O)N1CCCCC1.CCS(=O)(=O)O. The number of hydrogen-bond donors (Lipinski definition) is 2. The Bertz CT molecular complexity index is 245. The average Bonchev–Trinajstić information content (AvgIpc) is 2.19. The fourth-order valence-corrected chi connectivity index (χ4v) is 1.29. The van der Waals surface area contributed by atoms with Crippen LogP contribution >= 0.6 is 0 Å². The Morgan fingerprint density at radius 2 is 1.67 bits per heavy atom. The highest BCUT2D eigenvalue weighted by atomic mass is 32.2. The molecule has 0 saturated carbocycles. The quantitative estimate of drug-likeness (QED) is 0.694. The molecule has 1 aliphatic heterocycles. The minimum atomic E-state index is -3.66. The second kappa shape index (κ2) is 7.16. The number of likely N-dealkylation sites (tertiary alicyclic amines) is 1. The van der Waals surface area contributed by atoms with Crippen LogP contribution < -0.4 is 0 Å². The zero-order valence-corrected chi connectivity index (χ0v) is 10.2. The Labute approximate surface area is 91.8 Å². The Morgan fingerprint density at radius 1 is 1.27 bits per heavy atom. The lowest BCUT2D eigenvalue weighted by Gasteiger charge is -2.28. The van der Waals surface area contributed by atoms with E-state index in [0.717, 1.165) is 13.1 Å². The topological polar surface area (TPSA) is 77.8 Å². The normalized spacial score (nSPS) is 20.3. The molecule has 15 heavy (non-hydrogen) atoms. The van der Waals surface area contributed by atoms with E-state index in [4.69, 9.17) is 9.66 Å². The summed E-state index contributed by atoms with van der Waals surface area (Å²) in [5, 5.41) is 9.10. The van der Waals surface area contributed by atoms with Crippen LogP contribution in [0.15, 0.2) is 0 Å². The number of aliphatic hydroxyl groups excluding tert-OH is 1. The highest BCUT2D eigenvalue weighted by Gasteiger charge is 2.12. The van der Waals surface area contributed by atoms with Crippen LogP contribution in [0.1, 0.15) is 33.1 Å². The average molecular weight is 239 g/mol. The van der Waals surface area contributed by atoms with E-state index >= 15 is 0 Å². The van der Waals surface area contributed by atoms with E-state index in [-0.39, 0.29) is 12.0 Å². The fraction of sp³-hybridized carbons (Fsp3) is 1.00. The monoisotopic (exact) mass is 239 g/mol. The van der Waals surface area contributed by atoms with E-state index < -0.39 is 10.1 Å². The van der Waals surface area contributed by atoms with Crippen molar-refractivity contribution < 1.29 is 18.1 Å². The van der Waals surface area contributed by atoms with Crippen molar-refractivity contribution in [1.29, 1.82) is 0 Å². The van der Waals surface area contributed by atoms with Crippen LogP contribution in [-0.4, -0.2) is 48.0 Å². The summed E-state index contributed by atoms with van der Waals surface area (Å²) < 4.78 is 26.9. The molecule has 1 saturated heterocycles. The summed E-state index contributed by atoms with van der Waals surface area (Å²) in [6.45, 7) is 5.37. The van der Waals surface area contributed by atoms with Gasteiger partial charge in [-0.05, 0) is 26.7 Å². The first-order valence-corrected chi connectivity index (χ1v) is 6.85. The van der Waals surface area contributed by atoms with Gasteiger partial charge in [-0.25, -0.2) is 0 Å². The molecule has 1 unspecified atom stereocenters. The van der Waals surface area contributed by atoms with Crippen molar-refractivity contribution in [2.24, 2.45) is 0 Å². The van der Waals surface area contributed by atoms with Gasteiger partial charge in [0, 0.05) is 13.1 Å². The van der Waals surface area contributed by atoms with Gasteiger partial charge < -0.3 is 5.11 Å². The number of aliphatic hydroxyl groups is 1. The maximum absolute atomic E-state index is 9.56. The first kappa shape index (κ1) is 14.8. The van der Waals surface area contributed by atoms with Crippen LogP contribution in [0.5, 0.6) is 0 Å². The number of hydrogen-bond acceptors (Lipinski definition) is 4. The van der Waals surface area contributed by atoms with Gasteiger partial charge in [0.25, 0.3) is 10.1 Å². The second-order valence-corrected chi connectivity index (χ2v) is 5.34. The first-order chi connectivity index (χ1) is 6.87. The van der Waals surface area contributed by atoms with Gasteiger partial charge in [0.2, 0.25) is 0 Å². The lowest BCUT2D eigenvalue weighted by atomic mass is 10.1. The molecular weight excluding hydrogens is 218 g/mol. The molecule has 1 atom stereocenters. The van der Waals surface area contributed by atoms with Crippen molar-refractivity contribution >= 4 is 10.1 Å². The Morgan fingerprint density at radius 3 is 1.87 bits per heavy atom. The molecule has 1 aliphatic rings. The van der Waals surface area contributed by atoms with Crippen molar-refractivity contribution in [2.45, 2.75) is 39.3 Å². The van der Waals surface area contributed by atoms with Gasteiger partial charge in [0.05, 0.1) is 5.75 Å². The van der Waals surface area contributed by atoms with Gasteiger partial charge in [-0.2, -0.15) is 8.42 Å². The van der Waals surface area contributed by atoms with Crippen LogP contribution in [0, 0.1) is 0 Å². The maximum atomic E-state index is 9.56. The predicted molar refractivity (Wildman–Crippen MR) is 59.2 cm³/mol. The molecule has 0 radical (unpaired) electrons. The van der Waals surface area contributed by atoms with Gasteiger partial charge >= 0.3 is 0 Å².